The largest absolute Gasteiger partial charge is 0.342 e. The van der Waals surface area contributed by atoms with Crippen LogP contribution < -0.4 is 0 Å². The van der Waals surface area contributed by atoms with E-state index in [-0.39, 0.29) is 5.41 Å². The van der Waals surface area contributed by atoms with Gasteiger partial charge in [0, 0.05) is 34.5 Å². The molecule has 1 fully saturated rings. The van der Waals surface area contributed by atoms with E-state index in [1.807, 2.05) is 23.3 Å². The molecule has 1 aliphatic carbocycles. The highest BCUT2D eigenvalue weighted by atomic mass is 32.1. The molecule has 3 aromatic rings. The second-order valence-corrected chi connectivity index (χ2v) is 9.08. The van der Waals surface area contributed by atoms with Gasteiger partial charge in [0.05, 0.1) is 0 Å². The first-order valence-corrected chi connectivity index (χ1v) is 10.3. The molecule has 1 amide bonds. The molecule has 0 spiro atoms. The zero-order valence-electron chi connectivity index (χ0n) is 15.3. The lowest BCUT2D eigenvalue weighted by molar-refractivity contribution is -0.138. The minimum atomic E-state index is 0.0922. The summed E-state index contributed by atoms with van der Waals surface area (Å²) >= 11 is 1.87. The van der Waals surface area contributed by atoms with Gasteiger partial charge in [-0.2, -0.15) is 0 Å². The number of carbonyl (C=O) groups is 1. The molecular formula is C23H23NOS. The van der Waals surface area contributed by atoms with E-state index in [9.17, 15) is 4.79 Å². The quantitative estimate of drug-likeness (QED) is 0.569. The van der Waals surface area contributed by atoms with Crippen LogP contribution >= 0.6 is 11.3 Å². The third-order valence-electron chi connectivity index (χ3n) is 6.57. The lowest BCUT2D eigenvalue weighted by Crippen LogP contribution is -2.56. The number of piperidine rings is 1. The SMILES string of the molecule is CN1C(=O)CC[C@]2(C)c3ccc(-c4cc5ccccc5s4)cc3CCC12. The Bertz CT molecular complexity index is 987. The molecule has 3 heteroatoms. The first-order valence-electron chi connectivity index (χ1n) is 9.44. The summed E-state index contributed by atoms with van der Waals surface area (Å²) in [5.74, 6) is 0.304. The monoisotopic (exact) mass is 361 g/mol. The van der Waals surface area contributed by atoms with E-state index < -0.39 is 0 Å². The molecule has 26 heavy (non-hydrogen) atoms. The molecule has 0 saturated carbocycles. The highest BCUT2D eigenvalue weighted by Crippen LogP contribution is 2.46. The number of hydrogen-bond acceptors (Lipinski definition) is 2. The van der Waals surface area contributed by atoms with Crippen LogP contribution in [0, 0.1) is 0 Å². The van der Waals surface area contributed by atoms with Gasteiger partial charge in [-0.15, -0.1) is 11.3 Å². The van der Waals surface area contributed by atoms with Crippen molar-refractivity contribution in [2.45, 2.75) is 44.1 Å². The van der Waals surface area contributed by atoms with E-state index in [0.717, 1.165) is 19.3 Å². The van der Waals surface area contributed by atoms with E-state index in [1.54, 1.807) is 0 Å². The maximum atomic E-state index is 12.2. The summed E-state index contributed by atoms with van der Waals surface area (Å²) < 4.78 is 1.35. The molecule has 1 saturated heterocycles. The summed E-state index contributed by atoms with van der Waals surface area (Å²) in [7, 11) is 1.99. The minimum Gasteiger partial charge on any atom is -0.342 e. The van der Waals surface area contributed by atoms with Crippen LogP contribution in [0.2, 0.25) is 0 Å². The van der Waals surface area contributed by atoms with Crippen molar-refractivity contribution in [3.63, 3.8) is 0 Å². The molecule has 0 radical (unpaired) electrons. The molecule has 2 nitrogen and oxygen atoms in total. The molecule has 0 N–H and O–H groups in total. The number of likely N-dealkylation sites (tertiary alicyclic amines) is 1. The molecule has 2 atom stereocenters. The van der Waals surface area contributed by atoms with Gasteiger partial charge < -0.3 is 4.90 Å². The van der Waals surface area contributed by atoms with Crippen molar-refractivity contribution < 1.29 is 4.79 Å². The average Bonchev–Trinajstić information content (AvgIpc) is 3.09. The second-order valence-electron chi connectivity index (χ2n) is 8.00. The van der Waals surface area contributed by atoms with Gasteiger partial charge in [-0.05, 0) is 53.5 Å². The maximum Gasteiger partial charge on any atom is 0.222 e. The number of aryl methyl sites for hydroxylation is 1. The van der Waals surface area contributed by atoms with Crippen LogP contribution in [0.1, 0.15) is 37.3 Å². The molecule has 1 unspecified atom stereocenters. The van der Waals surface area contributed by atoms with Crippen LogP contribution in [0.3, 0.4) is 0 Å². The lowest BCUT2D eigenvalue weighted by Gasteiger charge is -2.50. The molecule has 132 valence electrons. The average molecular weight is 362 g/mol. The number of benzene rings is 2. The Labute approximate surface area is 158 Å². The van der Waals surface area contributed by atoms with Crippen molar-refractivity contribution in [1.29, 1.82) is 0 Å². The van der Waals surface area contributed by atoms with Crippen LogP contribution in [0.4, 0.5) is 0 Å². The van der Waals surface area contributed by atoms with Crippen LogP contribution in [-0.4, -0.2) is 23.9 Å². The van der Waals surface area contributed by atoms with Gasteiger partial charge in [-0.25, -0.2) is 0 Å². The van der Waals surface area contributed by atoms with Crippen molar-refractivity contribution in [1.82, 2.24) is 4.90 Å². The molecule has 2 aliphatic rings. The number of thiophene rings is 1. The Hall–Kier alpha value is -2.13. The van der Waals surface area contributed by atoms with Gasteiger partial charge in [-0.1, -0.05) is 43.3 Å². The topological polar surface area (TPSA) is 20.3 Å². The Morgan fingerprint density at radius 2 is 1.96 bits per heavy atom. The van der Waals surface area contributed by atoms with Crippen LogP contribution in [-0.2, 0) is 16.6 Å². The zero-order valence-corrected chi connectivity index (χ0v) is 16.1. The van der Waals surface area contributed by atoms with Crippen molar-refractivity contribution in [2.24, 2.45) is 0 Å². The van der Waals surface area contributed by atoms with E-state index in [1.165, 1.54) is 31.7 Å². The van der Waals surface area contributed by atoms with Gasteiger partial charge in [0.15, 0.2) is 0 Å². The van der Waals surface area contributed by atoms with Crippen LogP contribution in [0.5, 0.6) is 0 Å². The molecule has 2 aromatic carbocycles. The second kappa shape index (κ2) is 5.68. The fourth-order valence-corrected chi connectivity index (χ4v) is 6.12. The summed E-state index contributed by atoms with van der Waals surface area (Å²) in [6.45, 7) is 2.36. The summed E-state index contributed by atoms with van der Waals surface area (Å²) in [5.41, 5.74) is 4.35. The third-order valence-corrected chi connectivity index (χ3v) is 7.74. The molecule has 5 rings (SSSR count). The van der Waals surface area contributed by atoms with Crippen molar-refractivity contribution in [2.75, 3.05) is 7.05 Å². The molecule has 1 aromatic heterocycles. The number of amides is 1. The number of likely N-dealkylation sites (N-methyl/N-ethyl adjacent to an activating group) is 1. The molecular weight excluding hydrogens is 338 g/mol. The number of hydrogen-bond donors (Lipinski definition) is 0. The highest BCUT2D eigenvalue weighted by molar-refractivity contribution is 7.22. The van der Waals surface area contributed by atoms with Gasteiger partial charge in [0.25, 0.3) is 0 Å². The number of rotatable bonds is 1. The highest BCUT2D eigenvalue weighted by Gasteiger charge is 2.46. The number of carbonyl (C=O) groups excluding carboxylic acids is 1. The van der Waals surface area contributed by atoms with Crippen molar-refractivity contribution >= 4 is 27.3 Å². The van der Waals surface area contributed by atoms with E-state index >= 15 is 0 Å². The first-order chi connectivity index (χ1) is 12.6. The van der Waals surface area contributed by atoms with Crippen LogP contribution in [0.25, 0.3) is 20.5 Å². The fourth-order valence-electron chi connectivity index (χ4n) is 5.06. The summed E-state index contributed by atoms with van der Waals surface area (Å²) in [6.07, 6.45) is 3.77. The predicted molar refractivity (Wildman–Crippen MR) is 109 cm³/mol. The van der Waals surface area contributed by atoms with E-state index in [4.69, 9.17) is 0 Å². The summed E-state index contributed by atoms with van der Waals surface area (Å²) in [5, 5.41) is 1.32. The first kappa shape index (κ1) is 16.1. The zero-order chi connectivity index (χ0) is 17.9. The Morgan fingerprint density at radius 3 is 2.81 bits per heavy atom. The fraction of sp³-hybridized carbons (Fsp3) is 0.348. The van der Waals surface area contributed by atoms with Gasteiger partial charge in [0.1, 0.15) is 0 Å². The van der Waals surface area contributed by atoms with Crippen molar-refractivity contribution in [3.8, 4) is 10.4 Å². The number of nitrogens with zero attached hydrogens (tertiary/aromatic N) is 1. The molecule has 0 bridgehead atoms. The van der Waals surface area contributed by atoms with Gasteiger partial charge >= 0.3 is 0 Å². The normalized spacial score (nSPS) is 25.2. The van der Waals surface area contributed by atoms with Gasteiger partial charge in [0.2, 0.25) is 5.91 Å². The van der Waals surface area contributed by atoms with E-state index in [0.29, 0.717) is 18.4 Å². The standard InChI is InChI=1S/C23H23NOS/c1-23-12-11-22(25)24(2)21(23)10-8-15-13-17(7-9-18(15)23)20-14-16-5-3-4-6-19(16)26-20/h3-7,9,13-14,21H,8,10-12H2,1-2H3/t21?,23-/m1/s1. The smallest absolute Gasteiger partial charge is 0.222 e. The van der Waals surface area contributed by atoms with Crippen molar-refractivity contribution in [3.05, 3.63) is 59.7 Å². The third kappa shape index (κ3) is 2.26. The molecule has 2 heterocycles. The Kier molecular flexibility index (Phi) is 3.51. The lowest BCUT2D eigenvalue weighted by atomic mass is 9.63. The number of fused-ring (bicyclic) bond motifs is 4. The van der Waals surface area contributed by atoms with Crippen LogP contribution in [0.15, 0.2) is 48.5 Å². The minimum absolute atomic E-state index is 0.0922. The summed E-state index contributed by atoms with van der Waals surface area (Å²) in [6, 6.07) is 18.3. The Balaban J connectivity index is 1.57. The summed E-state index contributed by atoms with van der Waals surface area (Å²) in [4.78, 5) is 15.5. The van der Waals surface area contributed by atoms with E-state index in [2.05, 4.69) is 55.5 Å². The maximum absolute atomic E-state index is 12.2. The Morgan fingerprint density at radius 1 is 1.12 bits per heavy atom. The molecule has 1 aliphatic heterocycles. The van der Waals surface area contributed by atoms with Gasteiger partial charge in [-0.3, -0.25) is 4.79 Å². The predicted octanol–water partition coefficient (Wildman–Crippen LogP) is 5.39.